The molecule has 1 aromatic carbocycles. The normalized spacial score (nSPS) is 21.8. The highest BCUT2D eigenvalue weighted by atomic mass is 127. The summed E-state index contributed by atoms with van der Waals surface area (Å²) in [5.41, 5.74) is 2.06. The monoisotopic (exact) mass is 416 g/mol. The van der Waals surface area contributed by atoms with Crippen LogP contribution in [0.15, 0.2) is 30.3 Å². The van der Waals surface area contributed by atoms with Gasteiger partial charge in [0.25, 0.3) is 0 Å². The number of hydrogen-bond donors (Lipinski definition) is 0. The second-order valence-electron chi connectivity index (χ2n) is 7.07. The molecule has 2 heteroatoms. The molecular weight excluding hydrogens is 386 g/mol. The summed E-state index contributed by atoms with van der Waals surface area (Å²) in [6, 6.07) is 11.7. The molecule has 0 atom stereocenters. The van der Waals surface area contributed by atoms with Gasteiger partial charge >= 0.3 is 0 Å². The molecule has 0 unspecified atom stereocenters. The average Bonchev–Trinajstić information content (AvgIpc) is 2.56. The highest BCUT2D eigenvalue weighted by Gasteiger charge is 2.49. The molecule has 118 valence electrons. The second kappa shape index (κ2) is 8.29. The molecule has 21 heavy (non-hydrogen) atoms. The van der Waals surface area contributed by atoms with Crippen LogP contribution in [0.5, 0.6) is 0 Å². The van der Waals surface area contributed by atoms with Gasteiger partial charge in [0.05, 0.1) is 30.5 Å². The SMILES string of the molecule is C[P+](c1ccccc1)(C1CCCCC1)C1CCCCC1.[I-]. The van der Waals surface area contributed by atoms with Crippen LogP contribution in [0, 0.1) is 0 Å². The highest BCUT2D eigenvalue weighted by Crippen LogP contribution is 2.68. The van der Waals surface area contributed by atoms with Crippen molar-refractivity contribution in [1.29, 1.82) is 0 Å². The van der Waals surface area contributed by atoms with Crippen molar-refractivity contribution in [2.45, 2.75) is 75.5 Å². The summed E-state index contributed by atoms with van der Waals surface area (Å²) in [5.74, 6) is 0. The van der Waals surface area contributed by atoms with Gasteiger partial charge in [-0.05, 0) is 63.5 Å². The smallest absolute Gasteiger partial charge is 0.0942 e. The lowest BCUT2D eigenvalue weighted by Gasteiger charge is -2.41. The summed E-state index contributed by atoms with van der Waals surface area (Å²) in [5, 5.41) is 1.74. The third-order valence-electron chi connectivity index (χ3n) is 5.98. The first kappa shape index (κ1) is 17.7. The molecule has 2 aliphatic carbocycles. The van der Waals surface area contributed by atoms with Gasteiger partial charge in [0.1, 0.15) is 0 Å². The zero-order valence-electron chi connectivity index (χ0n) is 13.4. The van der Waals surface area contributed by atoms with E-state index < -0.39 is 7.26 Å². The molecule has 2 aliphatic rings. The minimum absolute atomic E-state index is 0. The van der Waals surface area contributed by atoms with E-state index in [1.54, 1.807) is 5.30 Å². The van der Waals surface area contributed by atoms with Crippen LogP contribution in [-0.2, 0) is 0 Å². The summed E-state index contributed by atoms with van der Waals surface area (Å²) >= 11 is 0. The van der Waals surface area contributed by atoms with Gasteiger partial charge in [-0.25, -0.2) is 0 Å². The van der Waals surface area contributed by atoms with Crippen LogP contribution in [0.25, 0.3) is 0 Å². The van der Waals surface area contributed by atoms with Crippen LogP contribution in [-0.4, -0.2) is 18.0 Å². The molecule has 2 fully saturated rings. The molecule has 0 spiro atoms. The summed E-state index contributed by atoms with van der Waals surface area (Å²) in [7, 11) is -0.973. The average molecular weight is 416 g/mol. The fourth-order valence-corrected chi connectivity index (χ4v) is 9.83. The van der Waals surface area contributed by atoms with Crippen molar-refractivity contribution in [1.82, 2.24) is 0 Å². The van der Waals surface area contributed by atoms with Crippen molar-refractivity contribution in [2.24, 2.45) is 0 Å². The Morgan fingerprint density at radius 2 is 1.14 bits per heavy atom. The largest absolute Gasteiger partial charge is 1.00 e. The molecule has 0 amide bonds. The van der Waals surface area contributed by atoms with Crippen LogP contribution in [0.1, 0.15) is 64.2 Å². The zero-order chi connectivity index (χ0) is 13.8. The van der Waals surface area contributed by atoms with E-state index in [1.807, 2.05) is 0 Å². The maximum Gasteiger partial charge on any atom is 0.0942 e. The van der Waals surface area contributed by atoms with Crippen molar-refractivity contribution in [3.63, 3.8) is 0 Å². The van der Waals surface area contributed by atoms with E-state index in [4.69, 9.17) is 0 Å². The summed E-state index contributed by atoms with van der Waals surface area (Å²) in [6.07, 6.45) is 14.9. The van der Waals surface area contributed by atoms with E-state index in [1.165, 1.54) is 64.2 Å². The molecule has 3 rings (SSSR count). The van der Waals surface area contributed by atoms with Crippen LogP contribution in [0.4, 0.5) is 0 Å². The topological polar surface area (TPSA) is 0 Å². The zero-order valence-corrected chi connectivity index (χ0v) is 16.5. The van der Waals surface area contributed by atoms with Gasteiger partial charge in [0.15, 0.2) is 0 Å². The lowest BCUT2D eigenvalue weighted by atomic mass is 9.99. The lowest BCUT2D eigenvalue weighted by molar-refractivity contribution is -0.00000418. The summed E-state index contributed by atoms with van der Waals surface area (Å²) < 4.78 is 0. The number of rotatable bonds is 3. The maximum absolute atomic E-state index is 2.72. The molecule has 0 heterocycles. The molecule has 0 N–H and O–H groups in total. The number of hydrogen-bond acceptors (Lipinski definition) is 0. The van der Waals surface area contributed by atoms with Gasteiger partial charge < -0.3 is 24.0 Å². The minimum atomic E-state index is -0.973. The van der Waals surface area contributed by atoms with E-state index in [2.05, 4.69) is 37.0 Å². The van der Waals surface area contributed by atoms with Crippen LogP contribution in [0.3, 0.4) is 0 Å². The molecule has 0 aromatic heterocycles. The first-order chi connectivity index (χ1) is 9.82. The minimum Gasteiger partial charge on any atom is -1.00 e. The Bertz CT molecular complexity index is 387. The molecule has 0 nitrogen and oxygen atoms in total. The molecule has 0 radical (unpaired) electrons. The predicted molar refractivity (Wildman–Crippen MR) is 92.7 cm³/mol. The Hall–Kier alpha value is 0.380. The van der Waals surface area contributed by atoms with Crippen LogP contribution >= 0.6 is 7.26 Å². The molecule has 0 saturated heterocycles. The fourth-order valence-electron chi connectivity index (χ4n) is 4.70. The maximum atomic E-state index is 2.72. The third-order valence-corrected chi connectivity index (χ3v) is 11.5. The van der Waals surface area contributed by atoms with Crippen LogP contribution < -0.4 is 29.3 Å². The highest BCUT2D eigenvalue weighted by molar-refractivity contribution is 7.83. The standard InChI is InChI=1S/C19H30P.HI/c1-20(17-11-5-2-6-12-17,18-13-7-3-8-14-18)19-15-9-4-10-16-19;/h2,5-6,11-12,18-19H,3-4,7-10,13-16H2,1H3;1H/q+1;/p-1. The summed E-state index contributed by atoms with van der Waals surface area (Å²) in [4.78, 5) is 0. The van der Waals surface area contributed by atoms with Gasteiger partial charge in [0, 0.05) is 0 Å². The van der Waals surface area contributed by atoms with Gasteiger partial charge in [0.2, 0.25) is 0 Å². The molecule has 2 saturated carbocycles. The molecular formula is C19H30IP. The van der Waals surface area contributed by atoms with E-state index in [0.717, 1.165) is 11.3 Å². The Morgan fingerprint density at radius 1 is 0.714 bits per heavy atom. The van der Waals surface area contributed by atoms with Crippen molar-refractivity contribution >= 4 is 12.6 Å². The summed E-state index contributed by atoms with van der Waals surface area (Å²) in [6.45, 7) is 2.72. The molecule has 1 aromatic rings. The first-order valence-electron chi connectivity index (χ1n) is 8.73. The van der Waals surface area contributed by atoms with Crippen molar-refractivity contribution in [3.8, 4) is 0 Å². The van der Waals surface area contributed by atoms with Crippen molar-refractivity contribution < 1.29 is 24.0 Å². The van der Waals surface area contributed by atoms with Crippen molar-refractivity contribution in [2.75, 3.05) is 6.66 Å². The third kappa shape index (κ3) is 3.83. The van der Waals surface area contributed by atoms with Crippen molar-refractivity contribution in [3.05, 3.63) is 30.3 Å². The first-order valence-corrected chi connectivity index (χ1v) is 11.1. The van der Waals surface area contributed by atoms with E-state index in [0.29, 0.717) is 0 Å². The Balaban J connectivity index is 0.00000161. The quantitative estimate of drug-likeness (QED) is 0.525. The van der Waals surface area contributed by atoms with Crippen LogP contribution in [0.2, 0.25) is 0 Å². The fraction of sp³-hybridized carbons (Fsp3) is 0.684. The van der Waals surface area contributed by atoms with Gasteiger partial charge in [-0.15, -0.1) is 0 Å². The Morgan fingerprint density at radius 3 is 1.57 bits per heavy atom. The lowest BCUT2D eigenvalue weighted by Crippen LogP contribution is -3.00. The molecule has 0 bridgehead atoms. The molecule has 0 aliphatic heterocycles. The van der Waals surface area contributed by atoms with E-state index >= 15 is 0 Å². The van der Waals surface area contributed by atoms with Gasteiger partial charge in [-0.1, -0.05) is 31.0 Å². The number of halogens is 1. The second-order valence-corrected chi connectivity index (χ2v) is 11.3. The van der Waals surface area contributed by atoms with E-state index in [9.17, 15) is 0 Å². The predicted octanol–water partition coefficient (Wildman–Crippen LogP) is 2.63. The Labute approximate surface area is 148 Å². The van der Waals surface area contributed by atoms with Gasteiger partial charge in [-0.3, -0.25) is 0 Å². The van der Waals surface area contributed by atoms with Gasteiger partial charge in [-0.2, -0.15) is 0 Å². The van der Waals surface area contributed by atoms with E-state index in [-0.39, 0.29) is 24.0 Å². The number of benzene rings is 1. The Kier molecular flexibility index (Phi) is 7.00.